The Morgan fingerprint density at radius 1 is 1.30 bits per heavy atom. The van der Waals surface area contributed by atoms with E-state index in [2.05, 4.69) is 24.1 Å². The van der Waals surface area contributed by atoms with Crippen LogP contribution in [0.3, 0.4) is 0 Å². The minimum Gasteiger partial charge on any atom is -0.383 e. The van der Waals surface area contributed by atoms with Gasteiger partial charge in [0.05, 0.1) is 18.1 Å². The number of fused-ring (bicyclic) bond motifs is 1. The molecule has 1 aliphatic heterocycles. The van der Waals surface area contributed by atoms with Gasteiger partial charge in [-0.05, 0) is 37.8 Å². The number of hydrogen-bond donors (Lipinski definition) is 1. The lowest BCUT2D eigenvalue weighted by Crippen LogP contribution is -2.64. The molecule has 5 nitrogen and oxygen atoms in total. The highest BCUT2D eigenvalue weighted by atomic mass is 16.5. The van der Waals surface area contributed by atoms with Crippen LogP contribution in [0.2, 0.25) is 0 Å². The number of nitrogens with one attached hydrogen (secondary N) is 1. The van der Waals surface area contributed by atoms with Crippen molar-refractivity contribution in [3.8, 4) is 0 Å². The van der Waals surface area contributed by atoms with Gasteiger partial charge in [-0.25, -0.2) is 0 Å². The molecule has 0 aromatic heterocycles. The van der Waals surface area contributed by atoms with Crippen LogP contribution in [0.1, 0.15) is 74.2 Å². The van der Waals surface area contributed by atoms with Crippen molar-refractivity contribution in [2.24, 2.45) is 0 Å². The molecule has 1 saturated carbocycles. The number of hydrogen-bond acceptors (Lipinski definition) is 3. The smallest absolute Gasteiger partial charge is 0.254 e. The average Bonchev–Trinajstić information content (AvgIpc) is 2.69. The third kappa shape index (κ3) is 3.49. The summed E-state index contributed by atoms with van der Waals surface area (Å²) in [5, 5.41) is 3.06. The second kappa shape index (κ2) is 8.42. The van der Waals surface area contributed by atoms with Crippen LogP contribution in [0.4, 0.5) is 0 Å². The third-order valence-corrected chi connectivity index (χ3v) is 6.36. The first-order valence-corrected chi connectivity index (χ1v) is 10.3. The fourth-order valence-electron chi connectivity index (χ4n) is 4.98. The van der Waals surface area contributed by atoms with Crippen LogP contribution in [0.15, 0.2) is 24.3 Å². The number of nitrogens with zero attached hydrogens (tertiary/aromatic N) is 1. The molecule has 5 heteroatoms. The zero-order valence-electron chi connectivity index (χ0n) is 16.8. The van der Waals surface area contributed by atoms with Gasteiger partial charge >= 0.3 is 0 Å². The topological polar surface area (TPSA) is 58.6 Å². The van der Waals surface area contributed by atoms with Gasteiger partial charge in [0.1, 0.15) is 0 Å². The molecule has 148 valence electrons. The molecule has 1 fully saturated rings. The van der Waals surface area contributed by atoms with Crippen LogP contribution in [-0.2, 0) is 9.53 Å². The van der Waals surface area contributed by atoms with Crippen LogP contribution in [0, 0.1) is 0 Å². The summed E-state index contributed by atoms with van der Waals surface area (Å²) < 4.78 is 5.10. The minimum absolute atomic E-state index is 0.0159. The molecule has 1 aromatic rings. The Kier molecular flexibility index (Phi) is 6.20. The molecule has 2 amide bonds. The molecule has 2 aliphatic rings. The van der Waals surface area contributed by atoms with Crippen LogP contribution in [0.5, 0.6) is 0 Å². The molecule has 0 unspecified atom stereocenters. The van der Waals surface area contributed by atoms with Gasteiger partial charge in [0.25, 0.3) is 5.91 Å². The van der Waals surface area contributed by atoms with E-state index in [1.807, 2.05) is 24.3 Å². The molecule has 27 heavy (non-hydrogen) atoms. The number of carbonyl (C=O) groups is 2. The highest BCUT2D eigenvalue weighted by molar-refractivity contribution is 6.02. The summed E-state index contributed by atoms with van der Waals surface area (Å²) >= 11 is 0. The molecule has 0 radical (unpaired) electrons. The van der Waals surface area contributed by atoms with Gasteiger partial charge in [-0.1, -0.05) is 44.4 Å². The van der Waals surface area contributed by atoms with Gasteiger partial charge < -0.3 is 15.0 Å². The normalized spacial score (nSPS) is 22.4. The molecule has 0 saturated heterocycles. The lowest BCUT2D eigenvalue weighted by molar-refractivity contribution is -0.128. The van der Waals surface area contributed by atoms with Gasteiger partial charge in [0.2, 0.25) is 5.91 Å². The van der Waals surface area contributed by atoms with Crippen molar-refractivity contribution in [2.75, 3.05) is 20.3 Å². The quantitative estimate of drug-likeness (QED) is 0.778. The molecule has 1 aromatic carbocycles. The van der Waals surface area contributed by atoms with Gasteiger partial charge in [0.15, 0.2) is 0 Å². The Morgan fingerprint density at radius 2 is 2.00 bits per heavy atom. The monoisotopic (exact) mass is 372 g/mol. The second-order valence-corrected chi connectivity index (χ2v) is 7.90. The van der Waals surface area contributed by atoms with Crippen molar-refractivity contribution in [1.82, 2.24) is 10.2 Å². The first-order valence-electron chi connectivity index (χ1n) is 10.3. The molecule has 1 heterocycles. The molecule has 1 aliphatic carbocycles. The fraction of sp³-hybridized carbons (Fsp3) is 0.636. The van der Waals surface area contributed by atoms with Crippen LogP contribution in [0.25, 0.3) is 0 Å². The molecular weight excluding hydrogens is 340 g/mol. The predicted molar refractivity (Wildman–Crippen MR) is 106 cm³/mol. The SMILES string of the molecule is CC[C@@H](C)N1C(=O)c2ccccc2[C@@H](C(=O)NCCOC)C12CCCCC2. The minimum atomic E-state index is -0.420. The van der Waals surface area contributed by atoms with Gasteiger partial charge in [-0.15, -0.1) is 0 Å². The fourth-order valence-corrected chi connectivity index (χ4v) is 4.98. The Balaban J connectivity index is 2.11. The number of methoxy groups -OCH3 is 1. The highest BCUT2D eigenvalue weighted by Gasteiger charge is 2.55. The third-order valence-electron chi connectivity index (χ3n) is 6.36. The average molecular weight is 373 g/mol. The predicted octanol–water partition coefficient (Wildman–Crippen LogP) is 3.49. The van der Waals surface area contributed by atoms with Gasteiger partial charge in [-0.2, -0.15) is 0 Å². The van der Waals surface area contributed by atoms with E-state index in [0.29, 0.717) is 18.7 Å². The van der Waals surface area contributed by atoms with Crippen molar-refractivity contribution < 1.29 is 14.3 Å². The van der Waals surface area contributed by atoms with Crippen molar-refractivity contribution in [2.45, 2.75) is 69.9 Å². The number of amides is 2. The van der Waals surface area contributed by atoms with Crippen molar-refractivity contribution in [3.63, 3.8) is 0 Å². The molecule has 1 N–H and O–H groups in total. The lowest BCUT2D eigenvalue weighted by Gasteiger charge is -2.55. The lowest BCUT2D eigenvalue weighted by atomic mass is 9.64. The number of rotatable bonds is 6. The summed E-state index contributed by atoms with van der Waals surface area (Å²) in [5.74, 6) is -0.220. The summed E-state index contributed by atoms with van der Waals surface area (Å²) in [5.41, 5.74) is 1.15. The van der Waals surface area contributed by atoms with Gasteiger partial charge in [0, 0.05) is 25.3 Å². The Labute approximate surface area is 162 Å². The second-order valence-electron chi connectivity index (χ2n) is 7.90. The maximum Gasteiger partial charge on any atom is 0.254 e. The molecular formula is C22H32N2O3. The van der Waals surface area contributed by atoms with Crippen molar-refractivity contribution >= 4 is 11.8 Å². The largest absolute Gasteiger partial charge is 0.383 e. The maximum atomic E-state index is 13.5. The van der Waals surface area contributed by atoms with E-state index < -0.39 is 5.54 Å². The van der Waals surface area contributed by atoms with E-state index in [9.17, 15) is 9.59 Å². The Hall–Kier alpha value is -1.88. The molecule has 3 rings (SSSR count). The van der Waals surface area contributed by atoms with Crippen LogP contribution >= 0.6 is 0 Å². The standard InChI is InChI=1S/C22H32N2O3/c1-4-16(2)24-21(26)18-11-7-6-10-17(18)19(20(25)23-14-15-27-3)22(24)12-8-5-9-13-22/h6-7,10-11,16,19H,4-5,8-9,12-15H2,1-3H3,(H,23,25)/t16-,19+/m1/s1. The zero-order chi connectivity index (χ0) is 19.4. The Bertz CT molecular complexity index is 682. The summed E-state index contributed by atoms with van der Waals surface area (Å²) in [7, 11) is 1.63. The molecule has 2 atom stereocenters. The summed E-state index contributed by atoms with van der Waals surface area (Å²) in [6, 6.07) is 7.79. The summed E-state index contributed by atoms with van der Waals surface area (Å²) in [6.45, 7) is 5.20. The molecule has 0 bridgehead atoms. The van der Waals surface area contributed by atoms with E-state index in [1.54, 1.807) is 7.11 Å². The summed E-state index contributed by atoms with van der Waals surface area (Å²) in [4.78, 5) is 28.9. The van der Waals surface area contributed by atoms with E-state index in [-0.39, 0.29) is 23.8 Å². The van der Waals surface area contributed by atoms with E-state index >= 15 is 0 Å². The zero-order valence-corrected chi connectivity index (χ0v) is 16.8. The summed E-state index contributed by atoms with van der Waals surface area (Å²) in [6.07, 6.45) is 5.95. The van der Waals surface area contributed by atoms with Gasteiger partial charge in [-0.3, -0.25) is 9.59 Å². The number of carbonyl (C=O) groups excluding carboxylic acids is 2. The first kappa shape index (κ1) is 19.9. The van der Waals surface area contributed by atoms with Crippen molar-refractivity contribution in [3.05, 3.63) is 35.4 Å². The highest BCUT2D eigenvalue weighted by Crippen LogP contribution is 2.50. The molecule has 1 spiro atoms. The Morgan fingerprint density at radius 3 is 2.67 bits per heavy atom. The maximum absolute atomic E-state index is 13.5. The van der Waals surface area contributed by atoms with E-state index in [1.165, 1.54) is 6.42 Å². The van der Waals surface area contributed by atoms with E-state index in [0.717, 1.165) is 37.7 Å². The van der Waals surface area contributed by atoms with Crippen LogP contribution in [-0.4, -0.2) is 48.6 Å². The van der Waals surface area contributed by atoms with Crippen LogP contribution < -0.4 is 5.32 Å². The number of benzene rings is 1. The van der Waals surface area contributed by atoms with Crippen molar-refractivity contribution in [1.29, 1.82) is 0 Å². The van der Waals surface area contributed by atoms with E-state index in [4.69, 9.17) is 4.74 Å². The number of ether oxygens (including phenoxy) is 1. The first-order chi connectivity index (χ1) is 13.1.